The van der Waals surface area contributed by atoms with Gasteiger partial charge in [-0.15, -0.1) is 0 Å². The number of pyridine rings is 1. The lowest BCUT2D eigenvalue weighted by Gasteiger charge is -2.25. The lowest BCUT2D eigenvalue weighted by molar-refractivity contribution is -0.130. The van der Waals surface area contributed by atoms with Gasteiger partial charge in [-0.1, -0.05) is 25.4 Å². The topological polar surface area (TPSA) is 101 Å². The maximum atomic E-state index is 11.2. The number of nitrogens with two attached hydrogens (primary N) is 2. The van der Waals surface area contributed by atoms with Gasteiger partial charge < -0.3 is 25.3 Å². The summed E-state index contributed by atoms with van der Waals surface area (Å²) in [5.74, 6) is 8.19. The molecule has 2 fully saturated rings. The van der Waals surface area contributed by atoms with Gasteiger partial charge in [0.2, 0.25) is 11.8 Å². The van der Waals surface area contributed by atoms with Gasteiger partial charge in [-0.3, -0.25) is 4.79 Å². The van der Waals surface area contributed by atoms with Gasteiger partial charge in [0.1, 0.15) is 5.75 Å². The number of hydrogen-bond acceptors (Lipinski definition) is 7. The van der Waals surface area contributed by atoms with Gasteiger partial charge in [0.25, 0.3) is 0 Å². The number of nitrogen functional groups attached to an aromatic ring is 1. The minimum absolute atomic E-state index is 0.290. The number of amides is 1. The van der Waals surface area contributed by atoms with Crippen molar-refractivity contribution in [2.24, 2.45) is 11.8 Å². The molecule has 1 saturated carbocycles. The van der Waals surface area contributed by atoms with Crippen LogP contribution in [0.15, 0.2) is 30.5 Å². The predicted molar refractivity (Wildman–Crippen MR) is 145 cm³/mol. The Hall–Kier alpha value is -2.55. The second-order valence-electron chi connectivity index (χ2n) is 8.92. The van der Waals surface area contributed by atoms with Crippen molar-refractivity contribution in [2.45, 2.75) is 46.5 Å². The molecule has 1 aliphatic carbocycles. The molecule has 0 atom stereocenters. The molecule has 4 rings (SSSR count). The van der Waals surface area contributed by atoms with E-state index in [1.54, 1.807) is 23.3 Å². The number of likely N-dealkylation sites (N-methyl/N-ethyl adjacent to an activating group) is 2. The third kappa shape index (κ3) is 9.55. The summed E-state index contributed by atoms with van der Waals surface area (Å²) in [6.07, 6.45) is 5.76. The Kier molecular flexibility index (Phi) is 11.6. The van der Waals surface area contributed by atoms with Gasteiger partial charge in [0.15, 0.2) is 0 Å². The number of benzene rings is 1. The van der Waals surface area contributed by atoms with E-state index in [-0.39, 0.29) is 5.91 Å². The standard InChI is InChI=1S/C16H19ClN4O.C8H16N2O.C2H6/c1-10-6-12(17)8-20-16(10)22-13-4-5-15(14(18)7-13)21(19)9-11-2-3-11;1-9-5-3-4-8(11)10(2)7-6-9;1-2/h4-8,11H,2-3,9,18-19H2,1H3;3-7H2,1-2H3;1-2H3. The van der Waals surface area contributed by atoms with Gasteiger partial charge >= 0.3 is 0 Å². The molecule has 0 bridgehead atoms. The molecule has 9 heteroatoms. The zero-order chi connectivity index (χ0) is 26.0. The summed E-state index contributed by atoms with van der Waals surface area (Å²) in [5, 5.41) is 2.29. The summed E-state index contributed by atoms with van der Waals surface area (Å²) in [7, 11) is 3.98. The second kappa shape index (κ2) is 14.1. The molecule has 1 saturated heterocycles. The highest BCUT2D eigenvalue weighted by Crippen LogP contribution is 2.34. The lowest BCUT2D eigenvalue weighted by Crippen LogP contribution is -2.38. The summed E-state index contributed by atoms with van der Waals surface area (Å²) in [6, 6.07) is 7.28. The SMILES string of the molecule is CC.CN1CCCC(=O)N(C)CC1.Cc1cc(Cl)cnc1Oc1ccc(N(N)CC2CC2)c(N)c1. The van der Waals surface area contributed by atoms with Crippen molar-refractivity contribution >= 4 is 28.9 Å². The predicted octanol–water partition coefficient (Wildman–Crippen LogP) is 4.70. The molecular formula is C26H41ClN6O2. The number of anilines is 2. The average Bonchev–Trinajstić information content (AvgIpc) is 3.64. The fraction of sp³-hybridized carbons (Fsp3) is 0.538. The molecule has 1 amide bonds. The molecule has 2 aromatic rings. The smallest absolute Gasteiger partial charge is 0.222 e. The maximum Gasteiger partial charge on any atom is 0.222 e. The number of aryl methyl sites for hydroxylation is 1. The van der Waals surface area contributed by atoms with Gasteiger partial charge in [-0.05, 0) is 63.9 Å². The highest BCUT2D eigenvalue weighted by atomic mass is 35.5. The van der Waals surface area contributed by atoms with Crippen molar-refractivity contribution in [3.05, 3.63) is 41.0 Å². The number of halogens is 1. The first-order valence-corrected chi connectivity index (χ1v) is 12.7. The van der Waals surface area contributed by atoms with Gasteiger partial charge in [0, 0.05) is 50.9 Å². The zero-order valence-corrected chi connectivity index (χ0v) is 22.5. The van der Waals surface area contributed by atoms with E-state index < -0.39 is 0 Å². The first kappa shape index (κ1) is 28.7. The Morgan fingerprint density at radius 1 is 1.17 bits per heavy atom. The van der Waals surface area contributed by atoms with E-state index in [0.717, 1.165) is 43.9 Å². The summed E-state index contributed by atoms with van der Waals surface area (Å²) in [4.78, 5) is 19.4. The van der Waals surface area contributed by atoms with Crippen LogP contribution >= 0.6 is 11.6 Å². The van der Waals surface area contributed by atoms with E-state index in [1.165, 1.54) is 12.8 Å². The molecule has 0 unspecified atom stereocenters. The number of ether oxygens (including phenoxy) is 1. The monoisotopic (exact) mass is 504 g/mol. The summed E-state index contributed by atoms with van der Waals surface area (Å²) in [6.45, 7) is 9.66. The van der Waals surface area contributed by atoms with Gasteiger partial charge in [0.05, 0.1) is 16.4 Å². The highest BCUT2D eigenvalue weighted by molar-refractivity contribution is 6.30. The Balaban J connectivity index is 0.000000280. The van der Waals surface area contributed by atoms with E-state index in [4.69, 9.17) is 27.9 Å². The van der Waals surface area contributed by atoms with Crippen LogP contribution in [0.2, 0.25) is 5.02 Å². The van der Waals surface area contributed by atoms with Crippen molar-refractivity contribution < 1.29 is 9.53 Å². The number of hydrogen-bond donors (Lipinski definition) is 2. The molecule has 1 aromatic heterocycles. The molecule has 2 heterocycles. The number of hydrazine groups is 1. The van der Waals surface area contributed by atoms with Gasteiger partial charge in [-0.25, -0.2) is 10.8 Å². The van der Waals surface area contributed by atoms with Crippen molar-refractivity contribution in [2.75, 3.05) is 51.0 Å². The lowest BCUT2D eigenvalue weighted by atomic mass is 10.2. The minimum Gasteiger partial charge on any atom is -0.439 e. The van der Waals surface area contributed by atoms with Crippen molar-refractivity contribution in [1.82, 2.24) is 14.8 Å². The molecule has 4 N–H and O–H groups in total. The van der Waals surface area contributed by atoms with Crippen LogP contribution in [0.25, 0.3) is 0 Å². The molecule has 35 heavy (non-hydrogen) atoms. The highest BCUT2D eigenvalue weighted by Gasteiger charge is 2.24. The summed E-state index contributed by atoms with van der Waals surface area (Å²) >= 11 is 5.89. The second-order valence-corrected chi connectivity index (χ2v) is 9.35. The summed E-state index contributed by atoms with van der Waals surface area (Å²) in [5.41, 5.74) is 8.37. The minimum atomic E-state index is 0.290. The van der Waals surface area contributed by atoms with Crippen LogP contribution in [-0.2, 0) is 4.79 Å². The van der Waals surface area contributed by atoms with Crippen LogP contribution < -0.4 is 21.3 Å². The first-order chi connectivity index (χ1) is 16.7. The molecule has 1 aliphatic heterocycles. The largest absolute Gasteiger partial charge is 0.439 e. The van der Waals surface area contributed by atoms with Crippen LogP contribution in [0.4, 0.5) is 11.4 Å². The average molecular weight is 505 g/mol. The van der Waals surface area contributed by atoms with Crippen molar-refractivity contribution in [3.63, 3.8) is 0 Å². The molecule has 2 aliphatic rings. The molecular weight excluding hydrogens is 464 g/mol. The summed E-state index contributed by atoms with van der Waals surface area (Å²) < 4.78 is 5.76. The molecule has 1 aromatic carbocycles. The van der Waals surface area contributed by atoms with E-state index in [2.05, 4.69) is 16.9 Å². The Morgan fingerprint density at radius 2 is 1.89 bits per heavy atom. The van der Waals surface area contributed by atoms with Crippen LogP contribution in [0.3, 0.4) is 0 Å². The number of carbonyl (C=O) groups excluding carboxylic acids is 1. The zero-order valence-electron chi connectivity index (χ0n) is 21.8. The number of nitrogens with zero attached hydrogens (tertiary/aromatic N) is 4. The number of carbonyl (C=O) groups is 1. The maximum absolute atomic E-state index is 11.2. The normalized spacial score (nSPS) is 16.2. The fourth-order valence-corrected chi connectivity index (χ4v) is 3.74. The number of rotatable bonds is 5. The van der Waals surface area contributed by atoms with E-state index >= 15 is 0 Å². The van der Waals surface area contributed by atoms with Gasteiger partial charge in [-0.2, -0.15) is 0 Å². The molecule has 0 radical (unpaired) electrons. The van der Waals surface area contributed by atoms with E-state index in [0.29, 0.717) is 34.7 Å². The molecule has 8 nitrogen and oxygen atoms in total. The Morgan fingerprint density at radius 3 is 2.51 bits per heavy atom. The van der Waals surface area contributed by atoms with Crippen LogP contribution in [0, 0.1) is 12.8 Å². The fourth-order valence-electron chi connectivity index (χ4n) is 3.53. The molecule has 0 spiro atoms. The van der Waals surface area contributed by atoms with E-state index in [9.17, 15) is 4.79 Å². The van der Waals surface area contributed by atoms with E-state index in [1.807, 2.05) is 44.9 Å². The Bertz CT molecular complexity index is 953. The Labute approximate surface area is 215 Å². The van der Waals surface area contributed by atoms with Crippen LogP contribution in [0.5, 0.6) is 11.6 Å². The quantitative estimate of drug-likeness (QED) is 0.345. The van der Waals surface area contributed by atoms with Crippen molar-refractivity contribution in [3.8, 4) is 11.6 Å². The third-order valence-corrected chi connectivity index (χ3v) is 6.05. The van der Waals surface area contributed by atoms with Crippen molar-refractivity contribution in [1.29, 1.82) is 0 Å². The number of aromatic nitrogens is 1. The first-order valence-electron chi connectivity index (χ1n) is 12.4. The third-order valence-electron chi connectivity index (χ3n) is 5.85. The van der Waals surface area contributed by atoms with Crippen LogP contribution in [0.1, 0.15) is 45.1 Å². The molecule has 194 valence electrons. The van der Waals surface area contributed by atoms with Crippen LogP contribution in [-0.4, -0.2) is 61.0 Å².